The second kappa shape index (κ2) is 5.93. The first-order valence-electron chi connectivity index (χ1n) is 5.34. The van der Waals surface area contributed by atoms with Crippen molar-refractivity contribution in [2.24, 2.45) is 0 Å². The van der Waals surface area contributed by atoms with Crippen LogP contribution in [0.25, 0.3) is 0 Å². The van der Waals surface area contributed by atoms with Crippen LogP contribution in [-0.2, 0) is 0 Å². The molecule has 0 saturated carbocycles. The number of nitrogens with zero attached hydrogens (tertiary/aromatic N) is 1. The summed E-state index contributed by atoms with van der Waals surface area (Å²) in [5.74, 6) is -0.837. The van der Waals surface area contributed by atoms with Gasteiger partial charge in [-0.15, -0.1) is 11.3 Å². The van der Waals surface area contributed by atoms with Crippen LogP contribution in [0, 0.1) is 10.1 Å². The van der Waals surface area contributed by atoms with E-state index in [0.717, 1.165) is 23.1 Å². The number of nitro groups is 1. The number of nitro benzene ring substituents is 1. The summed E-state index contributed by atoms with van der Waals surface area (Å²) in [7, 11) is 1.36. The van der Waals surface area contributed by atoms with Gasteiger partial charge in [-0.05, 0) is 18.2 Å². The van der Waals surface area contributed by atoms with Gasteiger partial charge in [-0.2, -0.15) is 0 Å². The molecule has 0 spiro atoms. The highest BCUT2D eigenvalue weighted by Gasteiger charge is 2.21. The Bertz CT molecular complexity index is 668. The van der Waals surface area contributed by atoms with Gasteiger partial charge in [-0.3, -0.25) is 10.1 Å². The molecule has 2 rings (SSSR count). The molecule has 0 unspecified atom stereocenters. The van der Waals surface area contributed by atoms with E-state index in [0.29, 0.717) is 9.79 Å². The summed E-state index contributed by atoms with van der Waals surface area (Å²) in [5, 5.41) is 21.6. The number of hydrogen-bond donors (Lipinski definition) is 1. The summed E-state index contributed by atoms with van der Waals surface area (Å²) in [5.41, 5.74) is -0.122. The molecule has 0 saturated heterocycles. The molecule has 1 N–H and O–H groups in total. The molecular formula is C12H9NO5S2. The van der Waals surface area contributed by atoms with Gasteiger partial charge in [-0.25, -0.2) is 4.79 Å². The van der Waals surface area contributed by atoms with E-state index in [-0.39, 0.29) is 16.3 Å². The van der Waals surface area contributed by atoms with Gasteiger partial charge >= 0.3 is 11.7 Å². The minimum absolute atomic E-state index is 0.122. The number of thiophene rings is 1. The van der Waals surface area contributed by atoms with E-state index in [2.05, 4.69) is 0 Å². The lowest BCUT2D eigenvalue weighted by Gasteiger charge is -2.05. The maximum atomic E-state index is 11.1. The number of ether oxygens (including phenoxy) is 1. The van der Waals surface area contributed by atoms with Crippen LogP contribution in [0.1, 0.15) is 9.67 Å². The Kier molecular flexibility index (Phi) is 4.26. The number of aromatic carboxylic acids is 1. The van der Waals surface area contributed by atoms with E-state index in [1.165, 1.54) is 19.2 Å². The van der Waals surface area contributed by atoms with Crippen LogP contribution in [0.2, 0.25) is 0 Å². The molecule has 2 aromatic rings. The molecule has 0 aliphatic heterocycles. The number of methoxy groups -OCH3 is 1. The first kappa shape index (κ1) is 14.4. The van der Waals surface area contributed by atoms with E-state index in [1.54, 1.807) is 17.5 Å². The molecule has 20 heavy (non-hydrogen) atoms. The van der Waals surface area contributed by atoms with Crippen molar-refractivity contribution >= 4 is 34.8 Å². The summed E-state index contributed by atoms with van der Waals surface area (Å²) >= 11 is 2.22. The van der Waals surface area contributed by atoms with E-state index >= 15 is 0 Å². The second-order valence-corrected chi connectivity index (χ2v) is 5.64. The number of para-hydroxylation sites is 1. The van der Waals surface area contributed by atoms with Crippen molar-refractivity contribution in [1.29, 1.82) is 0 Å². The monoisotopic (exact) mass is 311 g/mol. The number of rotatable bonds is 5. The van der Waals surface area contributed by atoms with Gasteiger partial charge in [0.05, 0.1) is 16.9 Å². The highest BCUT2D eigenvalue weighted by molar-refractivity contribution is 7.99. The lowest BCUT2D eigenvalue weighted by Crippen LogP contribution is -1.95. The Hall–Kier alpha value is -2.06. The zero-order valence-electron chi connectivity index (χ0n) is 10.2. The molecular weight excluding hydrogens is 302 g/mol. The molecule has 0 fully saturated rings. The Morgan fingerprint density at radius 3 is 2.80 bits per heavy atom. The normalized spacial score (nSPS) is 10.2. The van der Waals surface area contributed by atoms with Crippen LogP contribution in [0.3, 0.4) is 0 Å². The summed E-state index contributed by atoms with van der Waals surface area (Å²) in [6.07, 6.45) is 0. The van der Waals surface area contributed by atoms with Gasteiger partial charge in [0.2, 0.25) is 0 Å². The van der Waals surface area contributed by atoms with Crippen molar-refractivity contribution in [2.45, 2.75) is 9.79 Å². The van der Waals surface area contributed by atoms with Crippen LogP contribution in [-0.4, -0.2) is 23.1 Å². The van der Waals surface area contributed by atoms with Crippen molar-refractivity contribution in [3.8, 4) is 5.75 Å². The predicted molar refractivity (Wildman–Crippen MR) is 75.0 cm³/mol. The van der Waals surface area contributed by atoms with Crippen LogP contribution in [0.5, 0.6) is 5.75 Å². The Morgan fingerprint density at radius 1 is 1.50 bits per heavy atom. The standard InChI is InChI=1S/C12H9NO5S2/c1-18-8-3-2-4-9(11(8)13(16)17)20-7-5-10(12(14)15)19-6-7/h2-6H,1H3,(H,14,15). The zero-order valence-corrected chi connectivity index (χ0v) is 11.9. The fraction of sp³-hybridized carbons (Fsp3) is 0.0833. The number of carbonyl (C=O) groups is 1. The first-order valence-corrected chi connectivity index (χ1v) is 7.03. The average molecular weight is 311 g/mol. The molecule has 0 bridgehead atoms. The van der Waals surface area contributed by atoms with E-state index in [4.69, 9.17) is 9.84 Å². The van der Waals surface area contributed by atoms with Gasteiger partial charge in [0, 0.05) is 10.3 Å². The molecule has 0 atom stereocenters. The van der Waals surface area contributed by atoms with E-state index in [1.807, 2.05) is 0 Å². The third-order valence-electron chi connectivity index (χ3n) is 2.38. The summed E-state index contributed by atoms with van der Waals surface area (Å²) < 4.78 is 4.98. The number of hydrogen-bond acceptors (Lipinski definition) is 6. The predicted octanol–water partition coefficient (Wildman–Crippen LogP) is 3.51. The van der Waals surface area contributed by atoms with E-state index < -0.39 is 10.9 Å². The minimum atomic E-state index is -1.01. The van der Waals surface area contributed by atoms with Gasteiger partial charge in [-0.1, -0.05) is 17.8 Å². The van der Waals surface area contributed by atoms with Crippen molar-refractivity contribution < 1.29 is 19.6 Å². The molecule has 104 valence electrons. The molecule has 6 nitrogen and oxygen atoms in total. The number of carboxylic acid groups (broad SMARTS) is 1. The van der Waals surface area contributed by atoms with Gasteiger partial charge in [0.25, 0.3) is 0 Å². The Balaban J connectivity index is 2.37. The SMILES string of the molecule is COc1cccc(Sc2csc(C(=O)O)c2)c1[N+](=O)[O-]. The van der Waals surface area contributed by atoms with Crippen molar-refractivity contribution in [3.05, 3.63) is 44.6 Å². The maximum absolute atomic E-state index is 11.1. The highest BCUT2D eigenvalue weighted by atomic mass is 32.2. The largest absolute Gasteiger partial charge is 0.490 e. The zero-order chi connectivity index (χ0) is 14.7. The van der Waals surface area contributed by atoms with Crippen molar-refractivity contribution in [1.82, 2.24) is 0 Å². The summed E-state index contributed by atoms with van der Waals surface area (Å²) in [4.78, 5) is 22.7. The molecule has 0 aliphatic carbocycles. The molecule has 1 aromatic heterocycles. The minimum Gasteiger partial charge on any atom is -0.490 e. The van der Waals surface area contributed by atoms with Crippen LogP contribution >= 0.6 is 23.1 Å². The lowest BCUT2D eigenvalue weighted by molar-refractivity contribution is -0.388. The van der Waals surface area contributed by atoms with Gasteiger partial charge < -0.3 is 9.84 Å². The van der Waals surface area contributed by atoms with Crippen LogP contribution in [0.4, 0.5) is 5.69 Å². The molecule has 0 aliphatic rings. The molecule has 0 amide bonds. The van der Waals surface area contributed by atoms with Gasteiger partial charge in [0.15, 0.2) is 5.75 Å². The van der Waals surface area contributed by atoms with Crippen molar-refractivity contribution in [2.75, 3.05) is 7.11 Å². The van der Waals surface area contributed by atoms with Crippen molar-refractivity contribution in [3.63, 3.8) is 0 Å². The lowest BCUT2D eigenvalue weighted by atomic mass is 10.3. The Morgan fingerprint density at radius 2 is 2.25 bits per heavy atom. The van der Waals surface area contributed by atoms with Crippen LogP contribution in [0.15, 0.2) is 39.4 Å². The second-order valence-electron chi connectivity index (χ2n) is 3.62. The molecule has 0 radical (unpaired) electrons. The number of benzene rings is 1. The van der Waals surface area contributed by atoms with E-state index in [9.17, 15) is 14.9 Å². The smallest absolute Gasteiger partial charge is 0.345 e. The maximum Gasteiger partial charge on any atom is 0.345 e. The van der Waals surface area contributed by atoms with Gasteiger partial charge in [0.1, 0.15) is 4.88 Å². The highest BCUT2D eigenvalue weighted by Crippen LogP contribution is 2.41. The quantitative estimate of drug-likeness (QED) is 0.671. The molecule has 1 heterocycles. The molecule has 8 heteroatoms. The Labute approximate surface area is 122 Å². The third-order valence-corrected chi connectivity index (χ3v) is 4.47. The summed E-state index contributed by atoms with van der Waals surface area (Å²) in [6, 6.07) is 6.25. The van der Waals surface area contributed by atoms with Crippen LogP contribution < -0.4 is 4.74 Å². The fourth-order valence-electron chi connectivity index (χ4n) is 1.54. The third kappa shape index (κ3) is 2.91. The summed E-state index contributed by atoms with van der Waals surface area (Å²) in [6.45, 7) is 0. The first-order chi connectivity index (χ1) is 9.52. The molecule has 1 aromatic carbocycles. The average Bonchev–Trinajstić information content (AvgIpc) is 2.86. The topological polar surface area (TPSA) is 89.7 Å². The fourth-order valence-corrected chi connectivity index (χ4v) is 3.41. The number of carboxylic acids is 1.